The molecule has 3 aromatic rings. The number of benzene rings is 3. The second-order valence-electron chi connectivity index (χ2n) is 11.4. The smallest absolute Gasteiger partial charge is 0.416 e. The normalized spacial score (nSPS) is 20.4. The Labute approximate surface area is 278 Å². The monoisotopic (exact) mass is 705 g/mol. The molecule has 2 atom stereocenters. The Morgan fingerprint density at radius 3 is 2.18 bits per heavy atom. The first kappa shape index (κ1) is 35.7. The van der Waals surface area contributed by atoms with E-state index in [1.165, 1.54) is 36.4 Å². The van der Waals surface area contributed by atoms with Crippen molar-refractivity contribution in [2.24, 2.45) is 10.8 Å². The fraction of sp³-hybridized carbons (Fsp3) is 0.176. The molecule has 2 amide bonds. The Hall–Kier alpha value is -5.64. The number of carboxylic acid groups (broad SMARTS) is 1. The third kappa shape index (κ3) is 6.29. The van der Waals surface area contributed by atoms with E-state index in [2.05, 4.69) is 10.4 Å². The summed E-state index contributed by atoms with van der Waals surface area (Å²) in [6.45, 7) is 0. The number of allylic oxidation sites excluding steroid dienone is 4. The zero-order chi connectivity index (χ0) is 36.8. The highest BCUT2D eigenvalue weighted by Gasteiger charge is 2.56. The fourth-order valence-electron chi connectivity index (χ4n) is 6.02. The van der Waals surface area contributed by atoms with E-state index in [0.717, 1.165) is 55.7 Å². The van der Waals surface area contributed by atoms with Gasteiger partial charge in [0, 0.05) is 22.9 Å². The van der Waals surface area contributed by atoms with E-state index in [1.54, 1.807) is 0 Å². The summed E-state index contributed by atoms with van der Waals surface area (Å²) in [5, 5.41) is 15.8. The van der Waals surface area contributed by atoms with Crippen LogP contribution in [0, 0.1) is 0 Å². The zero-order valence-electron chi connectivity index (χ0n) is 25.6. The predicted molar refractivity (Wildman–Crippen MR) is 167 cm³/mol. The van der Waals surface area contributed by atoms with Crippen molar-refractivity contribution in [3.05, 3.63) is 119 Å². The van der Waals surface area contributed by atoms with Crippen LogP contribution >= 0.6 is 0 Å². The third-order valence-electron chi connectivity index (χ3n) is 8.26. The number of nitrogens with zero attached hydrogens (tertiary/aromatic N) is 2. The number of primary amides is 1. The Morgan fingerprint density at radius 1 is 0.960 bits per heavy atom. The molecule has 2 unspecified atom stereocenters. The number of alkyl halides is 8. The van der Waals surface area contributed by atoms with Crippen molar-refractivity contribution in [1.29, 1.82) is 0 Å². The van der Waals surface area contributed by atoms with Crippen molar-refractivity contribution < 1.29 is 54.6 Å². The molecule has 50 heavy (non-hydrogen) atoms. The molecule has 0 saturated heterocycles. The van der Waals surface area contributed by atoms with Crippen LogP contribution in [0.2, 0.25) is 0 Å². The molecule has 5 rings (SSSR count). The number of amides is 2. The van der Waals surface area contributed by atoms with Crippen LogP contribution in [0.15, 0.2) is 102 Å². The van der Waals surface area contributed by atoms with Crippen molar-refractivity contribution in [2.75, 3.05) is 12.4 Å². The van der Waals surface area contributed by atoms with Gasteiger partial charge in [-0.15, -0.1) is 4.59 Å². The van der Waals surface area contributed by atoms with Crippen LogP contribution in [0.3, 0.4) is 0 Å². The lowest BCUT2D eigenvalue weighted by Gasteiger charge is -2.36. The topological polar surface area (TPSA) is 122 Å². The van der Waals surface area contributed by atoms with Gasteiger partial charge in [-0.05, 0) is 42.3 Å². The maximum atomic E-state index is 14.9. The van der Waals surface area contributed by atoms with Gasteiger partial charge in [0.15, 0.2) is 11.4 Å². The number of carboxylic acids is 1. The summed E-state index contributed by atoms with van der Waals surface area (Å²) in [5.41, 5.74) is -3.62. The quantitative estimate of drug-likeness (QED) is 0.165. The number of hydrogen-bond acceptors (Lipinski definition) is 4. The van der Waals surface area contributed by atoms with Crippen molar-refractivity contribution in [3.8, 4) is 11.1 Å². The number of nitrogens with one attached hydrogen (secondary N) is 1. The maximum absolute atomic E-state index is 14.9. The molecule has 0 radical (unpaired) electrons. The second-order valence-corrected chi connectivity index (χ2v) is 11.4. The molecule has 0 fully saturated rings. The number of aliphatic carboxylic acids is 1. The molecular weight excluding hydrogens is 680 g/mol. The summed E-state index contributed by atoms with van der Waals surface area (Å²) in [4.78, 5) is 38.5. The molecule has 0 aromatic heterocycles. The van der Waals surface area contributed by atoms with Crippen LogP contribution in [0.1, 0.15) is 38.3 Å². The van der Waals surface area contributed by atoms with Crippen LogP contribution in [0.4, 0.5) is 46.5 Å². The van der Waals surface area contributed by atoms with Gasteiger partial charge in [0.25, 0.3) is 12.3 Å². The van der Waals surface area contributed by atoms with Crippen LogP contribution in [-0.4, -0.2) is 48.3 Å². The molecule has 0 saturated carbocycles. The van der Waals surface area contributed by atoms with Crippen LogP contribution in [0.25, 0.3) is 11.1 Å². The second kappa shape index (κ2) is 12.7. The molecule has 1 aliphatic heterocycles. The highest BCUT2D eigenvalue weighted by atomic mass is 19.4. The molecule has 1 aliphatic carbocycles. The maximum Gasteiger partial charge on any atom is 0.416 e. The summed E-state index contributed by atoms with van der Waals surface area (Å²) in [6.07, 6.45) is -8.66. The molecule has 260 valence electrons. The lowest BCUT2D eigenvalue weighted by Crippen LogP contribution is -2.43. The van der Waals surface area contributed by atoms with Crippen molar-refractivity contribution in [3.63, 3.8) is 0 Å². The summed E-state index contributed by atoms with van der Waals surface area (Å²) in [5.74, 6) is -4.19. The van der Waals surface area contributed by atoms with E-state index < -0.39 is 92.2 Å². The Balaban J connectivity index is 1.77. The van der Waals surface area contributed by atoms with E-state index in [0.29, 0.717) is 6.07 Å². The minimum Gasteiger partial charge on any atom is -0.477 e. The first-order valence-corrected chi connectivity index (χ1v) is 14.5. The Bertz CT molecular complexity index is 2030. The average Bonchev–Trinajstić information content (AvgIpc) is 3.43. The molecule has 3 aromatic carbocycles. The van der Waals surface area contributed by atoms with E-state index in [4.69, 9.17) is 5.73 Å². The summed E-state index contributed by atoms with van der Waals surface area (Å²) < 4.78 is 113. The van der Waals surface area contributed by atoms with E-state index >= 15 is 0 Å². The number of carbonyl (C=O) groups is 3. The largest absolute Gasteiger partial charge is 0.477 e. The van der Waals surface area contributed by atoms with Gasteiger partial charge in [-0.1, -0.05) is 53.7 Å². The van der Waals surface area contributed by atoms with Crippen molar-refractivity contribution in [2.45, 2.75) is 30.6 Å². The van der Waals surface area contributed by atoms with E-state index in [-0.39, 0.29) is 16.8 Å². The number of carbonyl (C=O) groups excluding carboxylic acids is 2. The first-order valence-electron chi connectivity index (χ1n) is 14.5. The summed E-state index contributed by atoms with van der Waals surface area (Å²) in [7, 11) is 1.15. The predicted octanol–water partition coefficient (Wildman–Crippen LogP) is 7.58. The molecule has 1 heterocycles. The van der Waals surface area contributed by atoms with Crippen LogP contribution in [0.5, 0.6) is 0 Å². The van der Waals surface area contributed by atoms with Crippen molar-refractivity contribution in [1.82, 2.24) is 4.59 Å². The van der Waals surface area contributed by atoms with Crippen LogP contribution < -0.4 is 15.6 Å². The highest BCUT2D eigenvalue weighted by Crippen LogP contribution is 2.50. The van der Waals surface area contributed by atoms with Gasteiger partial charge in [-0.2, -0.15) is 26.3 Å². The van der Waals surface area contributed by atoms with Crippen molar-refractivity contribution >= 4 is 34.9 Å². The molecule has 8 nitrogen and oxygen atoms in total. The van der Waals surface area contributed by atoms with Gasteiger partial charge in [0.05, 0.1) is 16.7 Å². The standard InChI is InChI=1S/C34H24F8N4O4/c1-46(17-22(31(49)50)27(45-46)28(35)36)24-13-7-10-20(25(24)18-8-5-9-19(16-18)33(37,38)39)30(48)44-23-12-6-11-21(29(43)47)26(23)32(34(40,41)42)14-3-2-4-15-32/h2-14,16-17,28H,15H2,1H3,(H3-,43,44,47,48,49,50)/p+1. The molecule has 0 spiro atoms. The minimum atomic E-state index is -5.02. The molecular formula is C34H25F8N4O4+. The fourth-order valence-corrected chi connectivity index (χ4v) is 6.02. The van der Waals surface area contributed by atoms with Gasteiger partial charge in [0.1, 0.15) is 24.2 Å². The average molecular weight is 706 g/mol. The van der Waals surface area contributed by atoms with Gasteiger partial charge < -0.3 is 16.2 Å². The lowest BCUT2D eigenvalue weighted by atomic mass is 9.72. The van der Waals surface area contributed by atoms with E-state index in [9.17, 15) is 54.6 Å². The number of hydrogen-bond donors (Lipinski definition) is 3. The highest BCUT2D eigenvalue weighted by molar-refractivity contribution is 6.22. The number of nitrogens with two attached hydrogens (primary N) is 1. The third-order valence-corrected chi connectivity index (χ3v) is 8.26. The number of rotatable bonds is 8. The molecule has 2 aliphatic rings. The minimum absolute atomic E-state index is 0.232. The van der Waals surface area contributed by atoms with Gasteiger partial charge in [-0.25, -0.2) is 13.6 Å². The van der Waals surface area contributed by atoms with Gasteiger partial charge in [0.2, 0.25) is 5.91 Å². The molecule has 4 N–H and O–H groups in total. The Morgan fingerprint density at radius 2 is 1.62 bits per heavy atom. The number of anilines is 1. The Kier molecular flexibility index (Phi) is 9.04. The summed E-state index contributed by atoms with van der Waals surface area (Å²) in [6, 6.07) is 10.4. The molecule has 16 heteroatoms. The zero-order valence-corrected chi connectivity index (χ0v) is 25.6. The first-order chi connectivity index (χ1) is 23.3. The van der Waals surface area contributed by atoms with Gasteiger partial charge in [-0.3, -0.25) is 9.59 Å². The van der Waals surface area contributed by atoms with E-state index in [1.807, 2.05) is 0 Å². The summed E-state index contributed by atoms with van der Waals surface area (Å²) >= 11 is 0. The van der Waals surface area contributed by atoms with Crippen LogP contribution in [-0.2, 0) is 16.4 Å². The van der Waals surface area contributed by atoms with Gasteiger partial charge >= 0.3 is 18.3 Å². The molecule has 0 bridgehead atoms. The SMILES string of the molecule is C[N+]1(c2cccc(C(=O)Nc3cccc(C(N)=O)c3C3(C(F)(F)F)C=CC=CC3)c2-c2cccc(C(F)(F)F)c2)C=C(C(=O)O)C(C(F)F)=N1. The number of quaternary nitrogens is 1. The lowest BCUT2D eigenvalue weighted by molar-refractivity contribution is -0.175. The number of halogens is 8.